The van der Waals surface area contributed by atoms with E-state index in [4.69, 9.17) is 70.8 Å². The van der Waals surface area contributed by atoms with E-state index < -0.39 is 22.1 Å². The van der Waals surface area contributed by atoms with Crippen molar-refractivity contribution in [2.24, 2.45) is 0 Å². The van der Waals surface area contributed by atoms with Crippen LogP contribution in [0.3, 0.4) is 0 Å². The first-order chi connectivity index (χ1) is 39.7. The number of benzene rings is 2. The number of nitrogen functional groups attached to an aromatic ring is 3. The number of aromatic nitrogens is 13. The van der Waals surface area contributed by atoms with Gasteiger partial charge in [0.25, 0.3) is 0 Å². The summed E-state index contributed by atoms with van der Waals surface area (Å²) in [5.74, 6) is 0.843. The van der Waals surface area contributed by atoms with Gasteiger partial charge in [-0.1, -0.05) is 41.9 Å². The van der Waals surface area contributed by atoms with Gasteiger partial charge in [0.1, 0.15) is 24.9 Å². The predicted octanol–water partition coefficient (Wildman–Crippen LogP) is 7.74. The molecule has 3 atom stereocenters. The van der Waals surface area contributed by atoms with Gasteiger partial charge in [0, 0.05) is 57.0 Å². The Labute approximate surface area is 480 Å². The highest BCUT2D eigenvalue weighted by atomic mass is 35.5. The average Bonchev–Trinajstić information content (AvgIpc) is 3.98. The highest BCUT2D eigenvalue weighted by Gasteiger charge is 2.21. The highest BCUT2D eigenvalue weighted by molar-refractivity contribution is 7.58. The van der Waals surface area contributed by atoms with Gasteiger partial charge >= 0.3 is 0 Å². The smallest absolute Gasteiger partial charge is 0.246 e. The summed E-state index contributed by atoms with van der Waals surface area (Å²) < 4.78 is 104. The minimum atomic E-state index is -2.98. The molecule has 444 valence electrons. The highest BCUT2D eigenvalue weighted by Crippen LogP contribution is 2.45. The van der Waals surface area contributed by atoms with Crippen molar-refractivity contribution in [3.8, 4) is 17.6 Å². The van der Waals surface area contributed by atoms with Crippen molar-refractivity contribution in [2.45, 2.75) is 39.5 Å². The molecule has 0 radical (unpaired) electrons. The number of halogens is 2. The number of hydrogen-bond acceptors (Lipinski definition) is 25. The first-order valence-electron chi connectivity index (χ1n) is 25.1. The molecule has 3 unspecified atom stereocenters. The van der Waals surface area contributed by atoms with E-state index in [1.54, 1.807) is 88.7 Å². The zero-order valence-electron chi connectivity index (χ0n) is 46.2. The third-order valence-electron chi connectivity index (χ3n) is 11.3. The van der Waals surface area contributed by atoms with Gasteiger partial charge in [-0.05, 0) is 47.0 Å². The molecule has 0 aliphatic heterocycles. The van der Waals surface area contributed by atoms with Gasteiger partial charge in [0.05, 0.1) is 80.0 Å². The number of fused-ring (bicyclic) bond motifs is 3. The largest absolute Gasteiger partial charge is 0.479 e. The van der Waals surface area contributed by atoms with Crippen LogP contribution in [0.15, 0.2) is 92.0 Å². The Balaban J connectivity index is 0.000000179. The van der Waals surface area contributed by atoms with Gasteiger partial charge < -0.3 is 72.9 Å². The normalized spacial score (nSPS) is 13.5. The Bertz CT molecular complexity index is 3570. The Hall–Kier alpha value is -7.29. The van der Waals surface area contributed by atoms with Crippen LogP contribution >= 0.6 is 33.7 Å². The number of hydrogen-bond donors (Lipinski definition) is 3. The lowest BCUT2D eigenvalue weighted by Gasteiger charge is -2.14. The zero-order chi connectivity index (χ0) is 59.6. The standard InChI is InChI=1S/C17H21ClN5O4P.C17H21FN5O4P.C16H21N6O4P/c2*1-25-16-14-15(21-17(19)22-16)23(10-20-14)6-7-26-11-28(2,24)27-9-12-4-3-5-13(18)8-12;1-24-15-13-14(20-16(17)21-15)22(10-19-13)6-7-25-11-27(2,23)26-9-12-4-3-5-18-8-12/h2*3-5,8,10H,6-7,9,11H2,1-2H3,(H2,19,21,22);3-5,8,10H,6-7,9,11H2,1-2H3,(H2,17,20,21). The van der Waals surface area contributed by atoms with E-state index in [0.717, 1.165) is 11.1 Å². The molecule has 9 rings (SSSR count). The van der Waals surface area contributed by atoms with E-state index in [2.05, 4.69) is 49.8 Å². The molecule has 6 N–H and O–H groups in total. The topological polar surface area (TPSA) is 356 Å². The summed E-state index contributed by atoms with van der Waals surface area (Å²) in [4.78, 5) is 41.2. The van der Waals surface area contributed by atoms with Crippen molar-refractivity contribution >= 4 is 85.0 Å². The van der Waals surface area contributed by atoms with Crippen LogP contribution in [0, 0.1) is 5.82 Å². The van der Waals surface area contributed by atoms with Crippen LogP contribution in [0.5, 0.6) is 17.6 Å². The van der Waals surface area contributed by atoms with Crippen molar-refractivity contribution in [1.82, 2.24) is 63.5 Å². The van der Waals surface area contributed by atoms with Gasteiger partial charge in [0.2, 0.25) is 57.6 Å². The molecule has 0 aliphatic carbocycles. The zero-order valence-corrected chi connectivity index (χ0v) is 49.6. The number of nitrogens with two attached hydrogens (primary N) is 3. The Morgan fingerprint density at radius 1 is 0.518 bits per heavy atom. The van der Waals surface area contributed by atoms with Gasteiger partial charge in [-0.2, -0.15) is 29.9 Å². The molecule has 9 aromatic rings. The summed E-state index contributed by atoms with van der Waals surface area (Å²) in [6.07, 6.45) is 8.09. The molecule has 2 aromatic carbocycles. The van der Waals surface area contributed by atoms with Crippen LogP contribution in [0.25, 0.3) is 33.5 Å². The van der Waals surface area contributed by atoms with Gasteiger partial charge in [-0.25, -0.2) is 19.3 Å². The van der Waals surface area contributed by atoms with Crippen molar-refractivity contribution < 1.29 is 60.1 Å². The predicted molar refractivity (Wildman–Crippen MR) is 308 cm³/mol. The van der Waals surface area contributed by atoms with E-state index in [9.17, 15) is 18.1 Å². The number of nitrogens with zero attached hydrogens (tertiary/aromatic N) is 13. The quantitative estimate of drug-likeness (QED) is 0.0327. The van der Waals surface area contributed by atoms with Crippen molar-refractivity contribution in [3.05, 3.63) is 120 Å². The lowest BCUT2D eigenvalue weighted by Crippen LogP contribution is -2.08. The van der Waals surface area contributed by atoms with Gasteiger partial charge in [0.15, 0.2) is 33.5 Å². The maximum Gasteiger partial charge on any atom is 0.246 e. The van der Waals surface area contributed by atoms with Crippen LogP contribution in [-0.4, -0.2) is 144 Å². The van der Waals surface area contributed by atoms with Crippen LogP contribution < -0.4 is 31.4 Å². The molecule has 0 fully saturated rings. The average molecular weight is 1230 g/mol. The SMILES string of the molecule is COc1nc(N)nc2c1ncn2CCOCP(C)(=O)OCc1cccc(Cl)c1.COc1nc(N)nc2c1ncn2CCOCP(C)(=O)OCc1cccc(F)c1.COc1nc(N)nc2c1ncn2CCOCP(C)(=O)OCc1cccnc1. The molecule has 0 bridgehead atoms. The van der Waals surface area contributed by atoms with Crippen LogP contribution in [-0.2, 0) is 80.9 Å². The fourth-order valence-electron chi connectivity index (χ4n) is 7.38. The molecular formula is C50H63ClFN16O12P3. The molecule has 7 heterocycles. The lowest BCUT2D eigenvalue weighted by molar-refractivity contribution is 0.153. The maximum atomic E-state index is 13.2. The second kappa shape index (κ2) is 29.8. The monoisotopic (exact) mass is 1230 g/mol. The van der Waals surface area contributed by atoms with Crippen molar-refractivity contribution in [1.29, 1.82) is 0 Å². The van der Waals surface area contributed by atoms with Gasteiger partial charge in [-0.3, -0.25) is 18.7 Å². The molecule has 0 aliphatic rings. The number of anilines is 3. The van der Waals surface area contributed by atoms with Crippen molar-refractivity contribution in [3.63, 3.8) is 0 Å². The van der Waals surface area contributed by atoms with E-state index in [1.807, 2.05) is 18.2 Å². The molecule has 0 saturated carbocycles. The second-order valence-electron chi connectivity index (χ2n) is 18.2. The first kappa shape index (κ1) is 63.3. The first-order valence-corrected chi connectivity index (χ1v) is 32.2. The minimum absolute atomic E-state index is 0.000634. The Morgan fingerprint density at radius 3 is 1.25 bits per heavy atom. The molecule has 83 heavy (non-hydrogen) atoms. The van der Waals surface area contributed by atoms with Crippen molar-refractivity contribution in [2.75, 3.05) is 97.4 Å². The summed E-state index contributed by atoms with van der Waals surface area (Å²) in [5.41, 5.74) is 22.5. The van der Waals surface area contributed by atoms with Crippen LogP contribution in [0.1, 0.15) is 16.7 Å². The maximum absolute atomic E-state index is 13.2. The molecule has 0 saturated heterocycles. The number of pyridine rings is 1. The van der Waals surface area contributed by atoms with Crippen LogP contribution in [0.2, 0.25) is 5.02 Å². The summed E-state index contributed by atoms with van der Waals surface area (Å²) in [7, 11) is -4.30. The van der Waals surface area contributed by atoms with E-state index in [-0.39, 0.29) is 69.1 Å². The molecule has 33 heteroatoms. The fraction of sp³-hybridized carbons (Fsp3) is 0.360. The molecular weight excluding hydrogens is 1160 g/mol. The van der Waals surface area contributed by atoms with E-state index >= 15 is 0 Å². The third kappa shape index (κ3) is 19.1. The van der Waals surface area contributed by atoms with Gasteiger partial charge in [-0.15, -0.1) is 0 Å². The summed E-state index contributed by atoms with van der Waals surface area (Å²) in [5, 5.41) is 0.608. The Kier molecular flexibility index (Phi) is 22.7. The third-order valence-corrected chi connectivity index (χ3v) is 15.6. The minimum Gasteiger partial charge on any atom is -0.479 e. The summed E-state index contributed by atoms with van der Waals surface area (Å²) in [6.45, 7) is 7.27. The fourth-order valence-corrected chi connectivity index (χ4v) is 10.5. The molecule has 28 nitrogen and oxygen atoms in total. The molecule has 0 spiro atoms. The molecule has 7 aromatic heterocycles. The molecule has 0 amide bonds. The summed E-state index contributed by atoms with van der Waals surface area (Å²) >= 11 is 5.93. The lowest BCUT2D eigenvalue weighted by atomic mass is 10.2. The van der Waals surface area contributed by atoms with E-state index in [1.165, 1.54) is 40.1 Å². The number of methoxy groups -OCH3 is 3. The number of ether oxygens (including phenoxy) is 6. The van der Waals surface area contributed by atoms with E-state index in [0.29, 0.717) is 94.6 Å². The number of rotatable bonds is 27. The summed E-state index contributed by atoms with van der Waals surface area (Å²) in [6, 6.07) is 16.8. The number of imidazole rings is 3. The second-order valence-corrected chi connectivity index (χ2v) is 26.3. The Morgan fingerprint density at radius 2 is 0.892 bits per heavy atom. The van der Waals surface area contributed by atoms with Crippen LogP contribution in [0.4, 0.5) is 22.2 Å².